The lowest BCUT2D eigenvalue weighted by Gasteiger charge is -2.52. The Morgan fingerprint density at radius 1 is 1.03 bits per heavy atom. The first-order chi connectivity index (χ1) is 18.4. The van der Waals surface area contributed by atoms with E-state index in [4.69, 9.17) is 28.4 Å². The molecule has 0 saturated carbocycles. The molecule has 1 saturated heterocycles. The summed E-state index contributed by atoms with van der Waals surface area (Å²) in [5.41, 5.74) is 0.517. The number of benzene rings is 1. The van der Waals surface area contributed by atoms with E-state index < -0.39 is 77.4 Å². The van der Waals surface area contributed by atoms with Gasteiger partial charge < -0.3 is 33.7 Å². The van der Waals surface area contributed by atoms with Gasteiger partial charge in [-0.1, -0.05) is 34.1 Å². The molecule has 0 aromatic heterocycles. The topological polar surface area (TPSA) is 165 Å². The SMILES string of the molecule is COC(=O)[C@]12OC(c3ccccc3)=N[C@@H](C1Br)[C@@H](NC(C)=O)[C@H]([C@H](OC(C)=O)[C@@H](COC(C)=O)OC(C)=O)O2. The van der Waals surface area contributed by atoms with Gasteiger partial charge in [0, 0.05) is 33.3 Å². The van der Waals surface area contributed by atoms with Crippen molar-refractivity contribution in [1.82, 2.24) is 5.32 Å². The molecule has 0 spiro atoms. The molecule has 212 valence electrons. The van der Waals surface area contributed by atoms with Crippen LogP contribution in [0.4, 0.5) is 0 Å². The van der Waals surface area contributed by atoms with Gasteiger partial charge in [0.15, 0.2) is 12.2 Å². The molecule has 2 aliphatic rings. The first-order valence-corrected chi connectivity index (χ1v) is 12.8. The van der Waals surface area contributed by atoms with Gasteiger partial charge in [0.25, 0.3) is 0 Å². The number of rotatable bonds is 9. The van der Waals surface area contributed by atoms with Crippen LogP contribution >= 0.6 is 15.9 Å². The lowest BCUT2D eigenvalue weighted by atomic mass is 9.85. The van der Waals surface area contributed by atoms with Gasteiger partial charge in [-0.25, -0.2) is 9.79 Å². The summed E-state index contributed by atoms with van der Waals surface area (Å²) >= 11 is 3.44. The Balaban J connectivity index is 2.20. The summed E-state index contributed by atoms with van der Waals surface area (Å²) in [5, 5.41) is 2.74. The van der Waals surface area contributed by atoms with Gasteiger partial charge in [-0.05, 0) is 12.1 Å². The van der Waals surface area contributed by atoms with Crippen LogP contribution in [0.2, 0.25) is 0 Å². The quantitative estimate of drug-likeness (QED) is 0.238. The molecule has 3 rings (SSSR count). The largest absolute Gasteiger partial charge is 0.464 e. The Kier molecular flexibility index (Phi) is 9.67. The van der Waals surface area contributed by atoms with E-state index >= 15 is 0 Å². The highest BCUT2D eigenvalue weighted by Crippen LogP contribution is 2.44. The van der Waals surface area contributed by atoms with Crippen LogP contribution in [0.3, 0.4) is 0 Å². The minimum atomic E-state index is -2.17. The Labute approximate surface area is 232 Å². The lowest BCUT2D eigenvalue weighted by Crippen LogP contribution is -2.74. The van der Waals surface area contributed by atoms with Crippen LogP contribution in [0.1, 0.15) is 33.3 Å². The van der Waals surface area contributed by atoms with E-state index in [1.165, 1.54) is 6.92 Å². The van der Waals surface area contributed by atoms with Crippen LogP contribution in [0.5, 0.6) is 0 Å². The zero-order chi connectivity index (χ0) is 28.9. The molecular formula is C25H29BrN2O11. The Hall–Kier alpha value is -3.52. The van der Waals surface area contributed by atoms with Crippen molar-refractivity contribution < 1.29 is 52.4 Å². The molecule has 1 unspecified atom stereocenters. The lowest BCUT2D eigenvalue weighted by molar-refractivity contribution is -0.280. The molecule has 13 nitrogen and oxygen atoms in total. The number of hydrogen-bond acceptors (Lipinski definition) is 12. The fourth-order valence-electron chi connectivity index (χ4n) is 4.36. The highest BCUT2D eigenvalue weighted by Gasteiger charge is 2.66. The van der Waals surface area contributed by atoms with E-state index in [0.717, 1.165) is 27.9 Å². The van der Waals surface area contributed by atoms with Crippen molar-refractivity contribution in [2.75, 3.05) is 13.7 Å². The summed E-state index contributed by atoms with van der Waals surface area (Å²) < 4.78 is 33.2. The number of aliphatic imine (C=N–C) groups is 1. The van der Waals surface area contributed by atoms with Crippen LogP contribution in [-0.2, 0) is 52.4 Å². The molecule has 1 aromatic carbocycles. The number of fused-ring (bicyclic) bond motifs is 2. The number of ether oxygens (including phenoxy) is 6. The highest BCUT2D eigenvalue weighted by atomic mass is 79.9. The third-order valence-electron chi connectivity index (χ3n) is 5.83. The van der Waals surface area contributed by atoms with E-state index in [0.29, 0.717) is 5.56 Å². The molecule has 0 aliphatic carbocycles. The molecule has 2 heterocycles. The van der Waals surface area contributed by atoms with Gasteiger partial charge in [-0.15, -0.1) is 0 Å². The second-order valence-electron chi connectivity index (χ2n) is 8.79. The minimum absolute atomic E-state index is 0.0380. The van der Waals surface area contributed by atoms with Crippen LogP contribution < -0.4 is 5.32 Å². The molecule has 1 amide bonds. The van der Waals surface area contributed by atoms with E-state index in [1.807, 2.05) is 0 Å². The van der Waals surface area contributed by atoms with Crippen molar-refractivity contribution >= 4 is 51.6 Å². The molecule has 39 heavy (non-hydrogen) atoms. The van der Waals surface area contributed by atoms with Crippen LogP contribution in [0.25, 0.3) is 0 Å². The molecule has 1 N–H and O–H groups in total. The highest BCUT2D eigenvalue weighted by molar-refractivity contribution is 9.09. The van der Waals surface area contributed by atoms with Crippen molar-refractivity contribution in [2.24, 2.45) is 4.99 Å². The van der Waals surface area contributed by atoms with Gasteiger partial charge in [-0.2, -0.15) is 0 Å². The first-order valence-electron chi connectivity index (χ1n) is 11.9. The summed E-state index contributed by atoms with van der Waals surface area (Å²) in [6.45, 7) is 4.09. The smallest absolute Gasteiger partial charge is 0.380 e. The number of halogens is 1. The zero-order valence-electron chi connectivity index (χ0n) is 21.9. The van der Waals surface area contributed by atoms with E-state index in [9.17, 15) is 24.0 Å². The van der Waals surface area contributed by atoms with Crippen molar-refractivity contribution in [3.8, 4) is 0 Å². The number of esters is 4. The number of amides is 1. The van der Waals surface area contributed by atoms with E-state index in [-0.39, 0.29) is 5.90 Å². The number of carbonyl (C=O) groups excluding carboxylic acids is 5. The summed E-state index contributed by atoms with van der Waals surface area (Å²) in [6.07, 6.45) is -4.29. The number of hydrogen-bond donors (Lipinski definition) is 1. The number of carbonyl (C=O) groups is 5. The number of methoxy groups -OCH3 is 1. The van der Waals surface area contributed by atoms with Gasteiger partial charge in [0.2, 0.25) is 11.8 Å². The van der Waals surface area contributed by atoms with Crippen molar-refractivity contribution in [3.63, 3.8) is 0 Å². The standard InChI is InChI=1S/C25H29BrN2O11/c1-12(29)27-18-19-22(26)25(24(33)34-5,39-23(28-19)16-9-7-6-8-10-16)38-21(18)20(37-15(4)32)17(36-14(3)31)11-35-13(2)30/h6-10,17-22H,11H2,1-5H3,(H,27,29)/t17-,18-,19-,20-,21-,22?,25-/m1/s1. The maximum atomic E-state index is 13.3. The van der Waals surface area contributed by atoms with E-state index in [2.05, 4.69) is 26.2 Å². The summed E-state index contributed by atoms with van der Waals surface area (Å²) in [7, 11) is 1.13. The van der Waals surface area contributed by atoms with Gasteiger partial charge >= 0.3 is 29.7 Å². The summed E-state index contributed by atoms with van der Waals surface area (Å²) in [6, 6.07) is 6.67. The fraction of sp³-hybridized carbons (Fsp3) is 0.520. The average molecular weight is 613 g/mol. The Morgan fingerprint density at radius 2 is 1.67 bits per heavy atom. The molecule has 7 atom stereocenters. The van der Waals surface area contributed by atoms with Gasteiger partial charge in [0.05, 0.1) is 19.2 Å². The Bertz CT molecular complexity index is 1140. The average Bonchev–Trinajstić information content (AvgIpc) is 2.86. The predicted molar refractivity (Wildman–Crippen MR) is 136 cm³/mol. The summed E-state index contributed by atoms with van der Waals surface area (Å²) in [4.78, 5) is 65.0. The number of nitrogens with zero attached hydrogens (tertiary/aromatic N) is 1. The minimum Gasteiger partial charge on any atom is -0.464 e. The third-order valence-corrected chi connectivity index (χ3v) is 6.98. The van der Waals surface area contributed by atoms with Crippen molar-refractivity contribution in [3.05, 3.63) is 35.9 Å². The first kappa shape index (κ1) is 30.0. The molecule has 2 aliphatic heterocycles. The maximum absolute atomic E-state index is 13.3. The monoisotopic (exact) mass is 612 g/mol. The maximum Gasteiger partial charge on any atom is 0.380 e. The Morgan fingerprint density at radius 3 is 2.21 bits per heavy atom. The molecule has 0 radical (unpaired) electrons. The molecule has 1 aromatic rings. The van der Waals surface area contributed by atoms with Crippen LogP contribution in [-0.4, -0.2) is 90.4 Å². The third kappa shape index (κ3) is 6.74. The van der Waals surface area contributed by atoms with Gasteiger partial charge in [0.1, 0.15) is 17.5 Å². The number of alkyl halides is 1. The number of nitrogens with one attached hydrogen (secondary N) is 1. The van der Waals surface area contributed by atoms with Gasteiger partial charge in [-0.3, -0.25) is 19.2 Å². The predicted octanol–water partition coefficient (Wildman–Crippen LogP) is 0.795. The molecule has 2 bridgehead atoms. The fourth-order valence-corrected chi connectivity index (χ4v) is 5.20. The molecule has 14 heteroatoms. The van der Waals surface area contributed by atoms with Crippen LogP contribution in [0.15, 0.2) is 35.3 Å². The van der Waals surface area contributed by atoms with Crippen molar-refractivity contribution in [1.29, 1.82) is 0 Å². The van der Waals surface area contributed by atoms with E-state index in [1.54, 1.807) is 30.3 Å². The second kappa shape index (κ2) is 12.6. The molecule has 1 fully saturated rings. The molecular weight excluding hydrogens is 584 g/mol. The zero-order valence-corrected chi connectivity index (χ0v) is 23.5. The normalized spacial score (nSPS) is 27.0. The van der Waals surface area contributed by atoms with Crippen molar-refractivity contribution in [2.45, 2.75) is 68.7 Å². The van der Waals surface area contributed by atoms with Crippen LogP contribution in [0, 0.1) is 0 Å². The summed E-state index contributed by atoms with van der Waals surface area (Å²) in [5.74, 6) is -5.86. The second-order valence-corrected chi connectivity index (χ2v) is 9.77.